The van der Waals surface area contributed by atoms with Crippen LogP contribution >= 0.6 is 0 Å². The molecule has 0 unspecified atom stereocenters. The van der Waals surface area contributed by atoms with E-state index in [1.54, 1.807) is 4.90 Å². The van der Waals surface area contributed by atoms with Crippen molar-refractivity contribution in [2.45, 2.75) is 6.42 Å². The minimum atomic E-state index is -0.0798. The second-order valence-electron chi connectivity index (χ2n) is 4.40. The zero-order chi connectivity index (χ0) is 12.8. The Kier molecular flexibility index (Phi) is 4.55. The Balaban J connectivity index is 1.88. The molecule has 1 heterocycles. The van der Waals surface area contributed by atoms with Crippen LogP contribution in [0.4, 0.5) is 10.5 Å². The molecular formula is C13H19N3O2. The van der Waals surface area contributed by atoms with E-state index in [2.05, 4.69) is 10.2 Å². The van der Waals surface area contributed by atoms with Crippen molar-refractivity contribution in [2.75, 3.05) is 38.2 Å². The van der Waals surface area contributed by atoms with Crippen molar-refractivity contribution in [1.82, 2.24) is 9.80 Å². The number of nitrogens with zero attached hydrogens (tertiary/aromatic N) is 2. The van der Waals surface area contributed by atoms with Crippen LogP contribution in [-0.2, 0) is 0 Å². The third-order valence-corrected chi connectivity index (χ3v) is 3.00. The van der Waals surface area contributed by atoms with Gasteiger partial charge in [0.15, 0.2) is 0 Å². The number of anilines is 1. The van der Waals surface area contributed by atoms with Crippen LogP contribution in [0.25, 0.3) is 0 Å². The summed E-state index contributed by atoms with van der Waals surface area (Å²) in [5.74, 6) is 0. The fourth-order valence-corrected chi connectivity index (χ4v) is 2.08. The number of carbonyl (C=O) groups is 1. The number of carbonyl (C=O) groups excluding carboxylic acids is 1. The molecule has 1 aromatic rings. The molecule has 0 bridgehead atoms. The first-order valence-electron chi connectivity index (χ1n) is 6.24. The molecule has 1 aliphatic rings. The fourth-order valence-electron chi connectivity index (χ4n) is 2.08. The van der Waals surface area contributed by atoms with E-state index >= 15 is 0 Å². The summed E-state index contributed by atoms with van der Waals surface area (Å²) in [6.07, 6.45) is 0.947. The van der Waals surface area contributed by atoms with Gasteiger partial charge < -0.3 is 15.3 Å². The predicted octanol–water partition coefficient (Wildman–Crippen LogP) is 1.18. The van der Waals surface area contributed by atoms with Gasteiger partial charge in [0.2, 0.25) is 0 Å². The molecule has 0 aromatic heterocycles. The van der Waals surface area contributed by atoms with E-state index in [0.717, 1.165) is 25.2 Å². The van der Waals surface area contributed by atoms with Crippen molar-refractivity contribution in [2.24, 2.45) is 0 Å². The van der Waals surface area contributed by atoms with Crippen LogP contribution in [0, 0.1) is 0 Å². The second-order valence-corrected chi connectivity index (χ2v) is 4.40. The summed E-state index contributed by atoms with van der Waals surface area (Å²) >= 11 is 0. The summed E-state index contributed by atoms with van der Waals surface area (Å²) in [7, 11) is 0. The number of aliphatic hydroxyl groups excluding tert-OH is 1. The third kappa shape index (κ3) is 3.45. The Morgan fingerprint density at radius 1 is 1.28 bits per heavy atom. The summed E-state index contributed by atoms with van der Waals surface area (Å²) < 4.78 is 0. The molecule has 0 radical (unpaired) electrons. The lowest BCUT2D eigenvalue weighted by atomic mass is 10.3. The number of aliphatic hydroxyl groups is 1. The van der Waals surface area contributed by atoms with Gasteiger partial charge in [-0.05, 0) is 18.6 Å². The SMILES string of the molecule is O=C(Nc1ccccc1)N1CCCN(CCO)C1. The van der Waals surface area contributed by atoms with Gasteiger partial charge in [0.05, 0.1) is 13.3 Å². The number of urea groups is 1. The average molecular weight is 249 g/mol. The molecule has 5 nitrogen and oxygen atoms in total. The summed E-state index contributed by atoms with van der Waals surface area (Å²) in [5, 5.41) is 11.8. The van der Waals surface area contributed by atoms with Crippen LogP contribution in [0.5, 0.6) is 0 Å². The lowest BCUT2D eigenvalue weighted by Crippen LogP contribution is -2.49. The first-order chi connectivity index (χ1) is 8.79. The molecular weight excluding hydrogens is 230 g/mol. The molecule has 0 saturated carbocycles. The highest BCUT2D eigenvalue weighted by Crippen LogP contribution is 2.10. The highest BCUT2D eigenvalue weighted by molar-refractivity contribution is 5.89. The molecule has 2 N–H and O–H groups in total. The van der Waals surface area contributed by atoms with E-state index in [1.807, 2.05) is 30.3 Å². The fraction of sp³-hybridized carbons (Fsp3) is 0.462. The number of para-hydroxylation sites is 1. The standard InChI is InChI=1S/C13H19N3O2/c17-10-9-15-7-4-8-16(11-15)13(18)14-12-5-2-1-3-6-12/h1-3,5-6,17H,4,7-11H2,(H,14,18). The highest BCUT2D eigenvalue weighted by atomic mass is 16.3. The topological polar surface area (TPSA) is 55.8 Å². The summed E-state index contributed by atoms with van der Waals surface area (Å²) in [6.45, 7) is 3.04. The maximum atomic E-state index is 12.0. The van der Waals surface area contributed by atoms with Gasteiger partial charge in [-0.3, -0.25) is 4.90 Å². The maximum Gasteiger partial charge on any atom is 0.322 e. The monoisotopic (exact) mass is 249 g/mol. The Hall–Kier alpha value is -1.59. The number of rotatable bonds is 3. The minimum Gasteiger partial charge on any atom is -0.395 e. The van der Waals surface area contributed by atoms with Gasteiger partial charge in [-0.1, -0.05) is 18.2 Å². The van der Waals surface area contributed by atoms with E-state index in [9.17, 15) is 4.79 Å². The molecule has 1 aliphatic heterocycles. The van der Waals surface area contributed by atoms with Gasteiger partial charge in [0, 0.05) is 25.3 Å². The van der Waals surface area contributed by atoms with Crippen molar-refractivity contribution >= 4 is 11.7 Å². The molecule has 18 heavy (non-hydrogen) atoms. The van der Waals surface area contributed by atoms with Gasteiger partial charge in [0.25, 0.3) is 0 Å². The number of hydrogen-bond acceptors (Lipinski definition) is 3. The lowest BCUT2D eigenvalue weighted by Gasteiger charge is -2.35. The molecule has 1 fully saturated rings. The largest absolute Gasteiger partial charge is 0.395 e. The number of hydrogen-bond donors (Lipinski definition) is 2. The number of nitrogens with one attached hydrogen (secondary N) is 1. The smallest absolute Gasteiger partial charge is 0.322 e. The van der Waals surface area contributed by atoms with Crippen molar-refractivity contribution in [3.63, 3.8) is 0 Å². The summed E-state index contributed by atoms with van der Waals surface area (Å²) in [4.78, 5) is 15.9. The third-order valence-electron chi connectivity index (χ3n) is 3.00. The van der Waals surface area contributed by atoms with Gasteiger partial charge in [0.1, 0.15) is 0 Å². The van der Waals surface area contributed by atoms with E-state index in [-0.39, 0.29) is 12.6 Å². The van der Waals surface area contributed by atoms with E-state index in [0.29, 0.717) is 13.2 Å². The van der Waals surface area contributed by atoms with E-state index in [4.69, 9.17) is 5.11 Å². The number of amides is 2. The zero-order valence-electron chi connectivity index (χ0n) is 10.4. The summed E-state index contributed by atoms with van der Waals surface area (Å²) in [5.41, 5.74) is 0.807. The van der Waals surface area contributed by atoms with Crippen molar-refractivity contribution in [3.05, 3.63) is 30.3 Å². The molecule has 0 atom stereocenters. The molecule has 2 rings (SSSR count). The van der Waals surface area contributed by atoms with Gasteiger partial charge >= 0.3 is 6.03 Å². The molecule has 0 aliphatic carbocycles. The quantitative estimate of drug-likeness (QED) is 0.845. The first kappa shape index (κ1) is 12.9. The Bertz CT molecular complexity index is 381. The molecule has 1 aromatic carbocycles. The highest BCUT2D eigenvalue weighted by Gasteiger charge is 2.21. The molecule has 0 spiro atoms. The maximum absolute atomic E-state index is 12.0. The van der Waals surface area contributed by atoms with Gasteiger partial charge in [-0.2, -0.15) is 0 Å². The Morgan fingerprint density at radius 3 is 2.78 bits per heavy atom. The Morgan fingerprint density at radius 2 is 2.06 bits per heavy atom. The van der Waals surface area contributed by atoms with Crippen LogP contribution in [0.3, 0.4) is 0 Å². The van der Waals surface area contributed by atoms with Gasteiger partial charge in [-0.25, -0.2) is 4.79 Å². The normalized spacial score (nSPS) is 16.6. The van der Waals surface area contributed by atoms with Gasteiger partial charge in [-0.15, -0.1) is 0 Å². The van der Waals surface area contributed by atoms with E-state index in [1.165, 1.54) is 0 Å². The molecule has 5 heteroatoms. The molecule has 2 amide bonds. The Labute approximate surface area is 107 Å². The molecule has 1 saturated heterocycles. The van der Waals surface area contributed by atoms with E-state index < -0.39 is 0 Å². The molecule has 98 valence electrons. The van der Waals surface area contributed by atoms with Crippen LogP contribution < -0.4 is 5.32 Å². The van der Waals surface area contributed by atoms with Crippen LogP contribution in [0.2, 0.25) is 0 Å². The predicted molar refractivity (Wildman–Crippen MR) is 70.3 cm³/mol. The number of benzene rings is 1. The van der Waals surface area contributed by atoms with Crippen LogP contribution in [0.15, 0.2) is 30.3 Å². The average Bonchev–Trinajstić information content (AvgIpc) is 2.40. The summed E-state index contributed by atoms with van der Waals surface area (Å²) in [6, 6.07) is 9.36. The zero-order valence-corrected chi connectivity index (χ0v) is 10.4. The van der Waals surface area contributed by atoms with Crippen molar-refractivity contribution < 1.29 is 9.90 Å². The first-order valence-corrected chi connectivity index (χ1v) is 6.24. The number of β-amino-alcohol motifs (C(OH)–C–C–N with tert-alkyl or cyclic N) is 1. The van der Waals surface area contributed by atoms with Crippen LogP contribution in [0.1, 0.15) is 6.42 Å². The van der Waals surface area contributed by atoms with Crippen molar-refractivity contribution in [3.8, 4) is 0 Å². The van der Waals surface area contributed by atoms with Crippen LogP contribution in [-0.4, -0.2) is 53.8 Å². The lowest BCUT2D eigenvalue weighted by molar-refractivity contribution is 0.0932. The minimum absolute atomic E-state index is 0.0798. The second kappa shape index (κ2) is 6.37. The van der Waals surface area contributed by atoms with Crippen molar-refractivity contribution in [1.29, 1.82) is 0 Å².